The molecule has 1 aromatic carbocycles. The quantitative estimate of drug-likeness (QED) is 0.804. The molecule has 0 spiro atoms. The number of ether oxygens (including phenoxy) is 2. The van der Waals surface area contributed by atoms with Crippen LogP contribution in [0.1, 0.15) is 19.2 Å². The lowest BCUT2D eigenvalue weighted by Gasteiger charge is -2.10. The molecule has 20 heavy (non-hydrogen) atoms. The van der Waals surface area contributed by atoms with Gasteiger partial charge in [0.25, 0.3) is 0 Å². The van der Waals surface area contributed by atoms with Crippen LogP contribution in [0.25, 0.3) is 11.4 Å². The summed E-state index contributed by atoms with van der Waals surface area (Å²) in [7, 11) is 1.58. The van der Waals surface area contributed by atoms with Gasteiger partial charge < -0.3 is 14.0 Å². The second-order valence-corrected chi connectivity index (χ2v) is 4.06. The Morgan fingerprint density at radius 2 is 2.20 bits per heavy atom. The van der Waals surface area contributed by atoms with Gasteiger partial charge in [0.05, 0.1) is 19.8 Å². The number of rotatable bonds is 6. The van der Waals surface area contributed by atoms with E-state index < -0.39 is 0 Å². The molecule has 1 aromatic heterocycles. The van der Waals surface area contributed by atoms with E-state index in [1.807, 2.05) is 25.1 Å². The van der Waals surface area contributed by atoms with Crippen LogP contribution in [0.2, 0.25) is 0 Å². The highest BCUT2D eigenvalue weighted by Crippen LogP contribution is 2.31. The number of benzene rings is 1. The lowest BCUT2D eigenvalue weighted by molar-refractivity contribution is 0.294. The zero-order valence-corrected chi connectivity index (χ0v) is 11.4. The van der Waals surface area contributed by atoms with E-state index in [0.29, 0.717) is 29.8 Å². The van der Waals surface area contributed by atoms with Crippen LogP contribution in [0.5, 0.6) is 11.5 Å². The molecule has 0 saturated heterocycles. The van der Waals surface area contributed by atoms with Crippen molar-refractivity contribution in [1.29, 1.82) is 5.26 Å². The molecule has 2 rings (SSSR count). The molecule has 104 valence electrons. The van der Waals surface area contributed by atoms with E-state index in [0.717, 1.165) is 12.0 Å². The molecule has 2 aromatic rings. The Kier molecular flexibility index (Phi) is 4.56. The fourth-order valence-electron chi connectivity index (χ4n) is 1.65. The number of nitrogens with zero attached hydrogens (tertiary/aromatic N) is 3. The Bertz CT molecular complexity index is 616. The maximum absolute atomic E-state index is 8.59. The van der Waals surface area contributed by atoms with Gasteiger partial charge in [0, 0.05) is 5.56 Å². The van der Waals surface area contributed by atoms with Crippen molar-refractivity contribution in [3.05, 3.63) is 24.1 Å². The van der Waals surface area contributed by atoms with Crippen LogP contribution in [0.3, 0.4) is 0 Å². The third kappa shape index (κ3) is 3.06. The van der Waals surface area contributed by atoms with Gasteiger partial charge in [-0.2, -0.15) is 10.2 Å². The van der Waals surface area contributed by atoms with Crippen LogP contribution < -0.4 is 9.47 Å². The maximum atomic E-state index is 8.59. The molecule has 1 heterocycles. The SMILES string of the molecule is CCCOc1ccc(-c2noc(CC#N)n2)cc1OC. The summed E-state index contributed by atoms with van der Waals surface area (Å²) in [6, 6.07) is 7.38. The van der Waals surface area contributed by atoms with Gasteiger partial charge in [0.15, 0.2) is 11.5 Å². The predicted molar refractivity (Wildman–Crippen MR) is 71.4 cm³/mol. The fourth-order valence-corrected chi connectivity index (χ4v) is 1.65. The molecule has 0 radical (unpaired) electrons. The zero-order valence-electron chi connectivity index (χ0n) is 11.4. The Morgan fingerprint density at radius 3 is 2.90 bits per heavy atom. The summed E-state index contributed by atoms with van der Waals surface area (Å²) in [5.41, 5.74) is 0.749. The van der Waals surface area contributed by atoms with Gasteiger partial charge in [-0.15, -0.1) is 0 Å². The standard InChI is InChI=1S/C14H15N3O3/c1-3-8-19-11-5-4-10(9-12(11)18-2)14-16-13(6-7-15)20-17-14/h4-5,9H,3,6,8H2,1-2H3. The van der Waals surface area contributed by atoms with E-state index in [1.54, 1.807) is 13.2 Å². The van der Waals surface area contributed by atoms with Crippen molar-refractivity contribution >= 4 is 0 Å². The number of hydrogen-bond acceptors (Lipinski definition) is 6. The van der Waals surface area contributed by atoms with E-state index >= 15 is 0 Å². The topological polar surface area (TPSA) is 81.2 Å². The second-order valence-electron chi connectivity index (χ2n) is 4.06. The van der Waals surface area contributed by atoms with Crippen LogP contribution >= 0.6 is 0 Å². The molecular formula is C14H15N3O3. The average Bonchev–Trinajstić information content (AvgIpc) is 2.94. The first-order valence-corrected chi connectivity index (χ1v) is 6.29. The van der Waals surface area contributed by atoms with Crippen LogP contribution in [0.15, 0.2) is 22.7 Å². The minimum atomic E-state index is 0.0990. The van der Waals surface area contributed by atoms with Gasteiger partial charge in [-0.05, 0) is 24.6 Å². The highest BCUT2D eigenvalue weighted by atomic mass is 16.5. The smallest absolute Gasteiger partial charge is 0.241 e. The van der Waals surface area contributed by atoms with Crippen molar-refractivity contribution in [3.8, 4) is 29.0 Å². The summed E-state index contributed by atoms with van der Waals surface area (Å²) in [6.45, 7) is 2.67. The minimum Gasteiger partial charge on any atom is -0.493 e. The predicted octanol–water partition coefficient (Wildman–Crippen LogP) is 2.60. The van der Waals surface area contributed by atoms with E-state index in [9.17, 15) is 0 Å². The largest absolute Gasteiger partial charge is 0.493 e. The Balaban J connectivity index is 2.26. The second kappa shape index (κ2) is 6.57. The number of aromatic nitrogens is 2. The van der Waals surface area contributed by atoms with Crippen molar-refractivity contribution in [2.45, 2.75) is 19.8 Å². The van der Waals surface area contributed by atoms with Gasteiger partial charge in [0.1, 0.15) is 6.42 Å². The first-order chi connectivity index (χ1) is 9.78. The summed E-state index contributed by atoms with van der Waals surface area (Å²) in [5.74, 6) is 2.02. The average molecular weight is 273 g/mol. The Labute approximate surface area is 116 Å². The minimum absolute atomic E-state index is 0.0990. The summed E-state index contributed by atoms with van der Waals surface area (Å²) in [5, 5.41) is 12.4. The van der Waals surface area contributed by atoms with Crippen molar-refractivity contribution in [1.82, 2.24) is 10.1 Å². The summed E-state index contributed by atoms with van der Waals surface area (Å²) in [4.78, 5) is 4.14. The molecular weight excluding hydrogens is 258 g/mol. The Hall–Kier alpha value is -2.55. The molecule has 0 saturated carbocycles. The van der Waals surface area contributed by atoms with Crippen molar-refractivity contribution in [3.63, 3.8) is 0 Å². The van der Waals surface area contributed by atoms with Crippen molar-refractivity contribution in [2.75, 3.05) is 13.7 Å². The third-order valence-electron chi connectivity index (χ3n) is 2.58. The highest BCUT2D eigenvalue weighted by Gasteiger charge is 2.12. The first-order valence-electron chi connectivity index (χ1n) is 6.29. The van der Waals surface area contributed by atoms with Gasteiger partial charge in [0.2, 0.25) is 11.7 Å². The van der Waals surface area contributed by atoms with E-state index in [1.165, 1.54) is 0 Å². The molecule has 0 unspecified atom stereocenters. The normalized spacial score (nSPS) is 10.1. The lowest BCUT2D eigenvalue weighted by atomic mass is 10.2. The number of hydrogen-bond donors (Lipinski definition) is 0. The fraction of sp³-hybridized carbons (Fsp3) is 0.357. The van der Waals surface area contributed by atoms with Crippen molar-refractivity contribution in [2.24, 2.45) is 0 Å². The van der Waals surface area contributed by atoms with Crippen molar-refractivity contribution < 1.29 is 14.0 Å². The summed E-state index contributed by atoms with van der Waals surface area (Å²) >= 11 is 0. The monoisotopic (exact) mass is 273 g/mol. The molecule has 0 N–H and O–H groups in total. The Morgan fingerprint density at radius 1 is 1.35 bits per heavy atom. The molecule has 0 atom stereocenters. The number of nitriles is 1. The summed E-state index contributed by atoms with van der Waals surface area (Å²) in [6.07, 6.45) is 1.02. The van der Waals surface area contributed by atoms with Crippen LogP contribution in [-0.2, 0) is 6.42 Å². The van der Waals surface area contributed by atoms with E-state index in [-0.39, 0.29) is 6.42 Å². The van der Waals surface area contributed by atoms with E-state index in [2.05, 4.69) is 10.1 Å². The molecule has 6 nitrogen and oxygen atoms in total. The van der Waals surface area contributed by atoms with Crippen LogP contribution in [-0.4, -0.2) is 23.9 Å². The highest BCUT2D eigenvalue weighted by molar-refractivity contribution is 5.60. The van der Waals surface area contributed by atoms with Crippen LogP contribution in [0.4, 0.5) is 0 Å². The molecule has 0 aliphatic heterocycles. The summed E-state index contributed by atoms with van der Waals surface area (Å²) < 4.78 is 15.8. The molecule has 0 aliphatic carbocycles. The molecule has 6 heteroatoms. The molecule has 0 aliphatic rings. The number of methoxy groups -OCH3 is 1. The lowest BCUT2D eigenvalue weighted by Crippen LogP contribution is -1.98. The molecule has 0 amide bonds. The molecule has 0 fully saturated rings. The van der Waals surface area contributed by atoms with E-state index in [4.69, 9.17) is 19.3 Å². The van der Waals surface area contributed by atoms with Gasteiger partial charge in [-0.3, -0.25) is 0 Å². The first kappa shape index (κ1) is 13.9. The van der Waals surface area contributed by atoms with Gasteiger partial charge in [-0.1, -0.05) is 12.1 Å². The van der Waals surface area contributed by atoms with Crippen LogP contribution in [0, 0.1) is 11.3 Å². The van der Waals surface area contributed by atoms with Gasteiger partial charge in [-0.25, -0.2) is 0 Å². The zero-order chi connectivity index (χ0) is 14.4. The molecule has 0 bridgehead atoms. The third-order valence-corrected chi connectivity index (χ3v) is 2.58. The van der Waals surface area contributed by atoms with Gasteiger partial charge >= 0.3 is 0 Å². The maximum Gasteiger partial charge on any atom is 0.241 e.